The Morgan fingerprint density at radius 2 is 1.65 bits per heavy atom. The summed E-state index contributed by atoms with van der Waals surface area (Å²) in [5.41, 5.74) is 8.33. The molecule has 0 atom stereocenters. The lowest BCUT2D eigenvalue weighted by Gasteiger charge is -2.14. The summed E-state index contributed by atoms with van der Waals surface area (Å²) >= 11 is 5.28. The molecular weight excluding hydrogens is 488 g/mol. The number of methoxy groups -OCH3 is 1. The molecule has 0 bridgehead atoms. The van der Waals surface area contributed by atoms with E-state index in [2.05, 4.69) is 21.2 Å². The van der Waals surface area contributed by atoms with Crippen LogP contribution in [0.1, 0.15) is 29.2 Å². The van der Waals surface area contributed by atoms with Gasteiger partial charge >= 0.3 is 0 Å². The van der Waals surface area contributed by atoms with Crippen molar-refractivity contribution in [2.24, 2.45) is 5.10 Å². The minimum absolute atomic E-state index is 0.149. The third-order valence-electron chi connectivity index (χ3n) is 5.29. The number of benzene rings is 3. The quantitative estimate of drug-likeness (QED) is 0.188. The molecule has 0 saturated heterocycles. The first-order valence-corrected chi connectivity index (χ1v) is 12.2. The molecule has 1 amide bonds. The van der Waals surface area contributed by atoms with Crippen LogP contribution in [0.2, 0.25) is 0 Å². The highest BCUT2D eigenvalue weighted by Crippen LogP contribution is 2.28. The van der Waals surface area contributed by atoms with Crippen LogP contribution in [0.15, 0.2) is 59.7 Å². The van der Waals surface area contributed by atoms with Crippen molar-refractivity contribution in [3.8, 4) is 17.2 Å². The van der Waals surface area contributed by atoms with Gasteiger partial charge in [-0.3, -0.25) is 10.2 Å². The highest BCUT2D eigenvalue weighted by molar-refractivity contribution is 7.80. The van der Waals surface area contributed by atoms with Gasteiger partial charge in [0, 0.05) is 11.4 Å². The average Bonchev–Trinajstić information content (AvgIpc) is 2.86. The fourth-order valence-corrected chi connectivity index (χ4v) is 3.88. The van der Waals surface area contributed by atoms with Crippen LogP contribution in [0, 0.1) is 20.8 Å². The topological polar surface area (TPSA) is 93.2 Å². The second kappa shape index (κ2) is 13.3. The molecule has 0 aliphatic carbocycles. The van der Waals surface area contributed by atoms with Crippen LogP contribution in [0.5, 0.6) is 17.2 Å². The second-order valence-electron chi connectivity index (χ2n) is 8.30. The summed E-state index contributed by atoms with van der Waals surface area (Å²) in [5, 5.41) is 10.5. The molecule has 0 radical (unpaired) electrons. The Morgan fingerprint density at radius 3 is 2.30 bits per heavy atom. The number of amides is 1. The number of anilines is 2. The molecule has 3 aromatic carbocycles. The Balaban J connectivity index is 1.53. The number of aryl methyl sites for hydroxylation is 3. The second-order valence-corrected chi connectivity index (χ2v) is 8.71. The molecule has 3 N–H and O–H groups in total. The van der Waals surface area contributed by atoms with Gasteiger partial charge in [-0.15, -0.1) is 0 Å². The molecule has 3 rings (SSSR count). The molecule has 0 unspecified atom stereocenters. The molecule has 0 heterocycles. The summed E-state index contributed by atoms with van der Waals surface area (Å²) in [6.45, 7) is 8.37. The maximum Gasteiger partial charge on any atom is 0.262 e. The summed E-state index contributed by atoms with van der Waals surface area (Å²) in [7, 11) is 1.54. The SMILES string of the molecule is CCOc1ccc(NC(=S)N/N=C/c2ccc(OCC(=O)Nc3c(C)cc(C)cc3C)c(OC)c2)cc1. The van der Waals surface area contributed by atoms with E-state index in [0.29, 0.717) is 23.2 Å². The predicted molar refractivity (Wildman–Crippen MR) is 152 cm³/mol. The van der Waals surface area contributed by atoms with Crippen LogP contribution in [0.3, 0.4) is 0 Å². The van der Waals surface area contributed by atoms with Crippen LogP contribution >= 0.6 is 12.2 Å². The van der Waals surface area contributed by atoms with E-state index >= 15 is 0 Å². The number of thiocarbonyl (C=S) groups is 1. The summed E-state index contributed by atoms with van der Waals surface area (Å²) in [6, 6.07) is 16.8. The third-order valence-corrected chi connectivity index (χ3v) is 5.48. The number of carbonyl (C=O) groups excluding carboxylic acids is 1. The number of carbonyl (C=O) groups is 1. The van der Waals surface area contributed by atoms with Gasteiger partial charge in [0.2, 0.25) is 0 Å². The molecule has 0 fully saturated rings. The standard InChI is InChI=1S/C28H32N4O4S/c1-6-35-23-10-8-22(9-11-23)30-28(37)32-29-16-21-7-12-24(25(15-21)34-5)36-17-26(33)31-27-19(3)13-18(2)14-20(27)4/h7-16H,6,17H2,1-5H3,(H,31,33)(H2,30,32,37)/b29-16+. The zero-order valence-corrected chi connectivity index (χ0v) is 22.5. The first kappa shape index (κ1) is 27.5. The van der Waals surface area contributed by atoms with Crippen molar-refractivity contribution in [3.63, 3.8) is 0 Å². The van der Waals surface area contributed by atoms with Gasteiger partial charge in [-0.05, 0) is 99.1 Å². The molecule has 3 aromatic rings. The van der Waals surface area contributed by atoms with Crippen molar-refractivity contribution in [1.29, 1.82) is 0 Å². The maximum atomic E-state index is 12.5. The van der Waals surface area contributed by atoms with E-state index < -0.39 is 0 Å². The van der Waals surface area contributed by atoms with Crippen molar-refractivity contribution in [2.75, 3.05) is 31.0 Å². The monoisotopic (exact) mass is 520 g/mol. The van der Waals surface area contributed by atoms with E-state index in [-0.39, 0.29) is 12.5 Å². The smallest absolute Gasteiger partial charge is 0.262 e. The number of hydrogen-bond donors (Lipinski definition) is 3. The minimum Gasteiger partial charge on any atom is -0.494 e. The number of rotatable bonds is 10. The molecular formula is C28H32N4O4S. The fourth-order valence-electron chi connectivity index (χ4n) is 3.71. The van der Waals surface area contributed by atoms with Gasteiger partial charge in [-0.25, -0.2) is 0 Å². The summed E-state index contributed by atoms with van der Waals surface area (Å²) in [5.74, 6) is 1.48. The molecule has 0 aliphatic heterocycles. The third kappa shape index (κ3) is 8.22. The number of nitrogens with one attached hydrogen (secondary N) is 3. The van der Waals surface area contributed by atoms with Crippen molar-refractivity contribution in [2.45, 2.75) is 27.7 Å². The van der Waals surface area contributed by atoms with E-state index in [1.807, 2.05) is 64.1 Å². The van der Waals surface area contributed by atoms with Gasteiger partial charge in [-0.1, -0.05) is 17.7 Å². The molecule has 194 valence electrons. The van der Waals surface area contributed by atoms with E-state index in [1.54, 1.807) is 24.4 Å². The van der Waals surface area contributed by atoms with E-state index in [4.69, 9.17) is 26.4 Å². The number of hydrazone groups is 1. The fraction of sp³-hybridized carbons (Fsp3) is 0.250. The Hall–Kier alpha value is -4.11. The van der Waals surface area contributed by atoms with Gasteiger partial charge < -0.3 is 24.8 Å². The van der Waals surface area contributed by atoms with Crippen molar-refractivity contribution >= 4 is 40.8 Å². The first-order chi connectivity index (χ1) is 17.8. The number of nitrogens with zero attached hydrogens (tertiary/aromatic N) is 1. The van der Waals surface area contributed by atoms with Crippen molar-refractivity contribution < 1.29 is 19.0 Å². The summed E-state index contributed by atoms with van der Waals surface area (Å²) in [4.78, 5) is 12.5. The lowest BCUT2D eigenvalue weighted by Crippen LogP contribution is -2.23. The van der Waals surface area contributed by atoms with Crippen molar-refractivity contribution in [1.82, 2.24) is 5.43 Å². The minimum atomic E-state index is -0.250. The molecule has 0 aromatic heterocycles. The molecule has 0 aliphatic rings. The lowest BCUT2D eigenvalue weighted by atomic mass is 10.1. The van der Waals surface area contributed by atoms with Crippen LogP contribution < -0.4 is 30.3 Å². The normalized spacial score (nSPS) is 10.6. The van der Waals surface area contributed by atoms with Gasteiger partial charge in [0.15, 0.2) is 23.2 Å². The van der Waals surface area contributed by atoms with Crippen LogP contribution in [-0.4, -0.2) is 37.6 Å². The summed E-state index contributed by atoms with van der Waals surface area (Å²) < 4.78 is 16.6. The van der Waals surface area contributed by atoms with Gasteiger partial charge in [0.25, 0.3) is 5.91 Å². The van der Waals surface area contributed by atoms with Crippen molar-refractivity contribution in [3.05, 3.63) is 76.9 Å². The van der Waals surface area contributed by atoms with Crippen LogP contribution in [0.4, 0.5) is 11.4 Å². The highest BCUT2D eigenvalue weighted by atomic mass is 32.1. The Morgan fingerprint density at radius 1 is 0.946 bits per heavy atom. The molecule has 0 saturated carbocycles. The van der Waals surface area contributed by atoms with Gasteiger partial charge in [0.05, 0.1) is 19.9 Å². The molecule has 37 heavy (non-hydrogen) atoms. The highest BCUT2D eigenvalue weighted by Gasteiger charge is 2.11. The Labute approximate surface area is 223 Å². The van der Waals surface area contributed by atoms with E-state index in [0.717, 1.165) is 39.4 Å². The first-order valence-electron chi connectivity index (χ1n) is 11.8. The maximum absolute atomic E-state index is 12.5. The Bertz CT molecular complexity index is 1250. The average molecular weight is 521 g/mol. The van der Waals surface area contributed by atoms with E-state index in [9.17, 15) is 4.79 Å². The Kier molecular flexibility index (Phi) is 9.85. The number of hydrogen-bond acceptors (Lipinski definition) is 6. The van der Waals surface area contributed by atoms with E-state index in [1.165, 1.54) is 7.11 Å². The molecule has 9 heteroatoms. The largest absolute Gasteiger partial charge is 0.494 e. The van der Waals surface area contributed by atoms with Crippen LogP contribution in [0.25, 0.3) is 0 Å². The summed E-state index contributed by atoms with van der Waals surface area (Å²) in [6.07, 6.45) is 1.61. The zero-order valence-electron chi connectivity index (χ0n) is 21.7. The lowest BCUT2D eigenvalue weighted by molar-refractivity contribution is -0.118. The molecule has 0 spiro atoms. The van der Waals surface area contributed by atoms with Gasteiger partial charge in [0.1, 0.15) is 5.75 Å². The zero-order chi connectivity index (χ0) is 26.8. The van der Waals surface area contributed by atoms with Gasteiger partial charge in [-0.2, -0.15) is 5.10 Å². The van der Waals surface area contributed by atoms with Crippen LogP contribution in [-0.2, 0) is 4.79 Å². The number of ether oxygens (including phenoxy) is 3. The predicted octanol–water partition coefficient (Wildman–Crippen LogP) is 5.36. The molecule has 8 nitrogen and oxygen atoms in total.